The molecular formula is C25H29N5O3. The molecule has 0 radical (unpaired) electrons. The number of carbonyl (C=O) groups excluding carboxylic acids is 1. The normalized spacial score (nSPS) is 14.0. The van der Waals surface area contributed by atoms with Gasteiger partial charge in [0.1, 0.15) is 11.5 Å². The first kappa shape index (κ1) is 22.4. The molecule has 1 aliphatic rings. The Bertz CT molecular complexity index is 1100. The Labute approximate surface area is 193 Å². The number of carbonyl (C=O) groups is 1. The van der Waals surface area contributed by atoms with Crippen molar-refractivity contribution in [1.29, 1.82) is 0 Å². The van der Waals surface area contributed by atoms with E-state index in [1.807, 2.05) is 36.4 Å². The van der Waals surface area contributed by atoms with Gasteiger partial charge in [0.05, 0.1) is 25.6 Å². The van der Waals surface area contributed by atoms with E-state index in [2.05, 4.69) is 32.7 Å². The maximum Gasteiger partial charge on any atom is 0.323 e. The van der Waals surface area contributed by atoms with E-state index in [9.17, 15) is 4.79 Å². The van der Waals surface area contributed by atoms with Gasteiger partial charge < -0.3 is 25.0 Å². The van der Waals surface area contributed by atoms with E-state index in [-0.39, 0.29) is 6.03 Å². The van der Waals surface area contributed by atoms with E-state index < -0.39 is 0 Å². The molecular weight excluding hydrogens is 418 g/mol. The van der Waals surface area contributed by atoms with Crippen molar-refractivity contribution < 1.29 is 14.3 Å². The molecule has 33 heavy (non-hydrogen) atoms. The SMILES string of the molecule is COc1ccc(NC(=O)Nc2cccc(-c3ccc(N4CCC(C)CC4)nn3)c2)c(OC)c1. The Morgan fingerprint density at radius 3 is 2.48 bits per heavy atom. The summed E-state index contributed by atoms with van der Waals surface area (Å²) in [6.45, 7) is 4.33. The van der Waals surface area contributed by atoms with Crippen LogP contribution in [0.25, 0.3) is 11.3 Å². The van der Waals surface area contributed by atoms with E-state index in [1.165, 1.54) is 12.8 Å². The second-order valence-corrected chi connectivity index (χ2v) is 8.17. The zero-order valence-corrected chi connectivity index (χ0v) is 19.2. The molecule has 2 heterocycles. The lowest BCUT2D eigenvalue weighted by Crippen LogP contribution is -2.33. The van der Waals surface area contributed by atoms with Crippen LogP contribution < -0.4 is 25.0 Å². The third-order valence-electron chi connectivity index (χ3n) is 5.83. The number of hydrogen-bond acceptors (Lipinski definition) is 6. The summed E-state index contributed by atoms with van der Waals surface area (Å²) in [6, 6.07) is 16.3. The molecule has 0 bridgehead atoms. The number of methoxy groups -OCH3 is 2. The predicted molar refractivity (Wildman–Crippen MR) is 130 cm³/mol. The van der Waals surface area contributed by atoms with Crippen LogP contribution in [-0.4, -0.2) is 43.5 Å². The Morgan fingerprint density at radius 1 is 0.970 bits per heavy atom. The van der Waals surface area contributed by atoms with Gasteiger partial charge in [-0.15, -0.1) is 10.2 Å². The number of amides is 2. The summed E-state index contributed by atoms with van der Waals surface area (Å²) >= 11 is 0. The summed E-state index contributed by atoms with van der Waals surface area (Å²) in [4.78, 5) is 14.8. The van der Waals surface area contributed by atoms with Crippen molar-refractivity contribution in [2.24, 2.45) is 5.92 Å². The number of aromatic nitrogens is 2. The Kier molecular flexibility index (Phi) is 6.92. The molecule has 1 fully saturated rings. The number of rotatable bonds is 6. The lowest BCUT2D eigenvalue weighted by molar-refractivity contribution is 0.262. The number of hydrogen-bond donors (Lipinski definition) is 2. The van der Waals surface area contributed by atoms with Gasteiger partial charge >= 0.3 is 6.03 Å². The number of piperidine rings is 1. The third kappa shape index (κ3) is 5.52. The van der Waals surface area contributed by atoms with Gasteiger partial charge in [-0.25, -0.2) is 4.79 Å². The standard InChI is InChI=1S/C25H29N5O3/c1-17-11-13-30(14-12-17)24-10-9-21(28-29-24)18-5-4-6-19(15-18)26-25(31)27-22-8-7-20(32-2)16-23(22)33-3/h4-10,15-17H,11-14H2,1-3H3,(H2,26,27,31). The summed E-state index contributed by atoms with van der Waals surface area (Å²) in [5.41, 5.74) is 2.82. The summed E-state index contributed by atoms with van der Waals surface area (Å²) in [5, 5.41) is 14.5. The molecule has 3 aromatic rings. The van der Waals surface area contributed by atoms with Crippen LogP contribution in [0.1, 0.15) is 19.8 Å². The number of anilines is 3. The minimum atomic E-state index is -0.378. The second-order valence-electron chi connectivity index (χ2n) is 8.17. The van der Waals surface area contributed by atoms with E-state index in [1.54, 1.807) is 32.4 Å². The molecule has 1 aliphatic heterocycles. The van der Waals surface area contributed by atoms with Crippen LogP contribution in [0.5, 0.6) is 11.5 Å². The largest absolute Gasteiger partial charge is 0.497 e. The monoisotopic (exact) mass is 447 g/mol. The quantitative estimate of drug-likeness (QED) is 0.550. The Balaban J connectivity index is 1.42. The lowest BCUT2D eigenvalue weighted by Gasteiger charge is -2.30. The second kappa shape index (κ2) is 10.2. The van der Waals surface area contributed by atoms with Crippen molar-refractivity contribution in [3.63, 3.8) is 0 Å². The van der Waals surface area contributed by atoms with E-state index >= 15 is 0 Å². The first-order valence-electron chi connectivity index (χ1n) is 11.0. The summed E-state index contributed by atoms with van der Waals surface area (Å²) < 4.78 is 10.5. The number of urea groups is 1. The molecule has 2 amide bonds. The number of nitrogens with one attached hydrogen (secondary N) is 2. The number of benzene rings is 2. The van der Waals surface area contributed by atoms with Gasteiger partial charge in [-0.2, -0.15) is 0 Å². The fraction of sp³-hybridized carbons (Fsp3) is 0.320. The third-order valence-corrected chi connectivity index (χ3v) is 5.83. The molecule has 4 rings (SSSR count). The highest BCUT2D eigenvalue weighted by molar-refractivity contribution is 6.01. The minimum absolute atomic E-state index is 0.378. The van der Waals surface area contributed by atoms with Crippen molar-refractivity contribution >= 4 is 23.2 Å². The number of ether oxygens (including phenoxy) is 2. The molecule has 0 atom stereocenters. The van der Waals surface area contributed by atoms with Gasteiger partial charge in [0, 0.05) is 30.4 Å². The molecule has 0 aliphatic carbocycles. The van der Waals surface area contributed by atoms with Crippen LogP contribution in [0.15, 0.2) is 54.6 Å². The van der Waals surface area contributed by atoms with Crippen molar-refractivity contribution in [2.75, 3.05) is 42.8 Å². The fourth-order valence-corrected chi connectivity index (χ4v) is 3.83. The van der Waals surface area contributed by atoms with Crippen LogP contribution in [-0.2, 0) is 0 Å². The van der Waals surface area contributed by atoms with Crippen LogP contribution >= 0.6 is 0 Å². The number of nitrogens with zero attached hydrogens (tertiary/aromatic N) is 3. The van der Waals surface area contributed by atoms with E-state index in [0.717, 1.165) is 36.1 Å². The minimum Gasteiger partial charge on any atom is -0.497 e. The van der Waals surface area contributed by atoms with Gasteiger partial charge in [0.2, 0.25) is 0 Å². The molecule has 2 aromatic carbocycles. The molecule has 1 aromatic heterocycles. The summed E-state index contributed by atoms with van der Waals surface area (Å²) in [6.07, 6.45) is 2.36. The molecule has 172 valence electrons. The molecule has 8 heteroatoms. The first-order chi connectivity index (χ1) is 16.1. The van der Waals surface area contributed by atoms with Crippen LogP contribution in [0, 0.1) is 5.92 Å². The highest BCUT2D eigenvalue weighted by Crippen LogP contribution is 2.29. The molecule has 8 nitrogen and oxygen atoms in total. The first-order valence-corrected chi connectivity index (χ1v) is 11.0. The maximum atomic E-state index is 12.6. The van der Waals surface area contributed by atoms with Gasteiger partial charge in [-0.1, -0.05) is 19.1 Å². The van der Waals surface area contributed by atoms with Gasteiger partial charge in [0.15, 0.2) is 5.82 Å². The predicted octanol–water partition coefficient (Wildman–Crippen LogP) is 5.04. The molecule has 2 N–H and O–H groups in total. The average molecular weight is 448 g/mol. The topological polar surface area (TPSA) is 88.6 Å². The van der Waals surface area contributed by atoms with Crippen LogP contribution in [0.2, 0.25) is 0 Å². The fourth-order valence-electron chi connectivity index (χ4n) is 3.83. The van der Waals surface area contributed by atoms with E-state index in [4.69, 9.17) is 9.47 Å². The zero-order chi connectivity index (χ0) is 23.2. The van der Waals surface area contributed by atoms with E-state index in [0.29, 0.717) is 22.9 Å². The maximum absolute atomic E-state index is 12.6. The lowest BCUT2D eigenvalue weighted by atomic mass is 9.99. The summed E-state index contributed by atoms with van der Waals surface area (Å²) in [7, 11) is 3.12. The Hall–Kier alpha value is -3.81. The highest BCUT2D eigenvalue weighted by atomic mass is 16.5. The van der Waals surface area contributed by atoms with Crippen molar-refractivity contribution in [1.82, 2.24) is 10.2 Å². The smallest absolute Gasteiger partial charge is 0.323 e. The van der Waals surface area contributed by atoms with Crippen molar-refractivity contribution in [3.05, 3.63) is 54.6 Å². The van der Waals surface area contributed by atoms with Crippen LogP contribution in [0.3, 0.4) is 0 Å². The van der Waals surface area contributed by atoms with Crippen molar-refractivity contribution in [3.8, 4) is 22.8 Å². The zero-order valence-electron chi connectivity index (χ0n) is 19.2. The Morgan fingerprint density at radius 2 is 1.79 bits per heavy atom. The highest BCUT2D eigenvalue weighted by Gasteiger charge is 2.17. The van der Waals surface area contributed by atoms with Gasteiger partial charge in [-0.05, 0) is 55.2 Å². The van der Waals surface area contributed by atoms with Gasteiger partial charge in [0.25, 0.3) is 0 Å². The molecule has 0 saturated carbocycles. The van der Waals surface area contributed by atoms with Gasteiger partial charge in [-0.3, -0.25) is 0 Å². The molecule has 1 saturated heterocycles. The molecule has 0 unspecified atom stereocenters. The average Bonchev–Trinajstić information content (AvgIpc) is 2.85. The summed E-state index contributed by atoms with van der Waals surface area (Å²) in [5.74, 6) is 2.84. The molecule has 0 spiro atoms. The van der Waals surface area contributed by atoms with Crippen molar-refractivity contribution in [2.45, 2.75) is 19.8 Å². The van der Waals surface area contributed by atoms with Crippen LogP contribution in [0.4, 0.5) is 22.0 Å².